The van der Waals surface area contributed by atoms with Crippen LogP contribution in [-0.2, 0) is 20.7 Å². The molecule has 134 valence electrons. The van der Waals surface area contributed by atoms with Gasteiger partial charge in [-0.2, -0.15) is 0 Å². The molecule has 6 nitrogen and oxygen atoms in total. The van der Waals surface area contributed by atoms with Gasteiger partial charge in [0, 0.05) is 7.11 Å². The summed E-state index contributed by atoms with van der Waals surface area (Å²) in [5.41, 5.74) is -0.631. The number of carbonyl (C=O) groups is 2. The molecule has 1 unspecified atom stereocenters. The number of ether oxygens (including phenoxy) is 2. The van der Waals surface area contributed by atoms with E-state index >= 15 is 0 Å². The van der Waals surface area contributed by atoms with Gasteiger partial charge in [-0.3, -0.25) is 9.59 Å². The quantitative estimate of drug-likeness (QED) is 0.751. The molecule has 9 heteroatoms. The maximum absolute atomic E-state index is 12.1. The summed E-state index contributed by atoms with van der Waals surface area (Å²) in [6.07, 6.45) is -5.23. The van der Waals surface area contributed by atoms with E-state index in [4.69, 9.17) is 9.84 Å². The summed E-state index contributed by atoms with van der Waals surface area (Å²) in [7, 11) is 1.38. The number of methoxy groups -OCH3 is 1. The van der Waals surface area contributed by atoms with Gasteiger partial charge in [-0.25, -0.2) is 0 Å². The Hall–Kier alpha value is -2.29. The summed E-state index contributed by atoms with van der Waals surface area (Å²) in [4.78, 5) is 22.9. The third-order valence-electron chi connectivity index (χ3n) is 2.97. The molecule has 0 aliphatic rings. The van der Waals surface area contributed by atoms with Crippen molar-refractivity contribution in [2.24, 2.45) is 0 Å². The monoisotopic (exact) mass is 349 g/mol. The zero-order valence-corrected chi connectivity index (χ0v) is 13.1. The van der Waals surface area contributed by atoms with Crippen LogP contribution in [-0.4, -0.2) is 42.6 Å². The molecular weight excluding hydrogens is 331 g/mol. The Morgan fingerprint density at radius 2 is 1.79 bits per heavy atom. The van der Waals surface area contributed by atoms with Crippen molar-refractivity contribution in [3.8, 4) is 5.75 Å². The number of carbonyl (C=O) groups excluding carboxylic acids is 1. The maximum atomic E-state index is 12.1. The van der Waals surface area contributed by atoms with Gasteiger partial charge in [-0.1, -0.05) is 12.1 Å². The van der Waals surface area contributed by atoms with Crippen molar-refractivity contribution in [3.63, 3.8) is 0 Å². The van der Waals surface area contributed by atoms with Crippen LogP contribution in [0, 0.1) is 0 Å². The first kappa shape index (κ1) is 19.8. The van der Waals surface area contributed by atoms with E-state index < -0.39 is 23.8 Å². The van der Waals surface area contributed by atoms with Crippen molar-refractivity contribution in [1.29, 1.82) is 0 Å². The molecule has 1 aromatic carbocycles. The number of amides is 1. The normalized spacial score (nSPS) is 13.9. The number of benzene rings is 1. The number of carboxylic acid groups (broad SMARTS) is 1. The molecular formula is C15H18F3NO5. The zero-order valence-electron chi connectivity index (χ0n) is 13.1. The highest BCUT2D eigenvalue weighted by molar-refractivity contribution is 5.80. The Balaban J connectivity index is 2.68. The van der Waals surface area contributed by atoms with Crippen molar-refractivity contribution < 1.29 is 37.3 Å². The zero-order chi connectivity index (χ0) is 18.4. The van der Waals surface area contributed by atoms with E-state index in [1.807, 2.05) is 0 Å². The molecule has 24 heavy (non-hydrogen) atoms. The van der Waals surface area contributed by atoms with Gasteiger partial charge in [0.2, 0.25) is 5.91 Å². The number of rotatable bonds is 8. The molecule has 1 rings (SSSR count). The van der Waals surface area contributed by atoms with Crippen molar-refractivity contribution in [1.82, 2.24) is 5.32 Å². The lowest BCUT2D eigenvalue weighted by molar-refractivity contribution is -0.274. The van der Waals surface area contributed by atoms with Crippen LogP contribution in [0.4, 0.5) is 13.2 Å². The van der Waals surface area contributed by atoms with E-state index in [-0.39, 0.29) is 25.2 Å². The van der Waals surface area contributed by atoms with Crippen LogP contribution in [0.1, 0.15) is 18.9 Å². The molecule has 0 saturated heterocycles. The van der Waals surface area contributed by atoms with Gasteiger partial charge in [-0.05, 0) is 24.6 Å². The maximum Gasteiger partial charge on any atom is 0.573 e. The first-order chi connectivity index (χ1) is 11.0. The fraction of sp³-hybridized carbons (Fsp3) is 0.467. The Labute approximate surface area is 136 Å². The van der Waals surface area contributed by atoms with E-state index in [9.17, 15) is 22.8 Å². The largest absolute Gasteiger partial charge is 0.573 e. The number of hydrogen-bond donors (Lipinski definition) is 2. The third kappa shape index (κ3) is 7.32. The fourth-order valence-corrected chi connectivity index (χ4v) is 2.16. The summed E-state index contributed by atoms with van der Waals surface area (Å²) >= 11 is 0. The van der Waals surface area contributed by atoms with Gasteiger partial charge in [0.05, 0.1) is 25.0 Å². The predicted octanol–water partition coefficient (Wildman–Crippen LogP) is 2.12. The second-order valence-corrected chi connectivity index (χ2v) is 5.48. The van der Waals surface area contributed by atoms with Gasteiger partial charge in [0.1, 0.15) is 5.75 Å². The summed E-state index contributed by atoms with van der Waals surface area (Å²) < 4.78 is 44.9. The summed E-state index contributed by atoms with van der Waals surface area (Å²) in [6.45, 7) is 1.53. The van der Waals surface area contributed by atoms with E-state index in [1.54, 1.807) is 0 Å². The van der Waals surface area contributed by atoms with Crippen molar-refractivity contribution in [3.05, 3.63) is 29.8 Å². The van der Waals surface area contributed by atoms with Crippen LogP contribution >= 0.6 is 0 Å². The Morgan fingerprint density at radius 3 is 2.25 bits per heavy atom. The molecule has 2 N–H and O–H groups in total. The van der Waals surface area contributed by atoms with Crippen molar-refractivity contribution in [2.45, 2.75) is 31.7 Å². The Morgan fingerprint density at radius 1 is 1.21 bits per heavy atom. The van der Waals surface area contributed by atoms with Crippen LogP contribution in [0.15, 0.2) is 24.3 Å². The minimum atomic E-state index is -4.78. The second kappa shape index (κ2) is 8.00. The molecule has 0 aliphatic carbocycles. The Bertz CT molecular complexity index is 573. The molecule has 0 saturated carbocycles. The molecule has 0 radical (unpaired) electrons. The lowest BCUT2D eigenvalue weighted by atomic mass is 9.98. The number of nitrogens with one attached hydrogen (secondary N) is 1. The highest BCUT2D eigenvalue weighted by Crippen LogP contribution is 2.23. The highest BCUT2D eigenvalue weighted by Gasteiger charge is 2.31. The van der Waals surface area contributed by atoms with Gasteiger partial charge in [-0.15, -0.1) is 13.2 Å². The van der Waals surface area contributed by atoms with E-state index in [1.165, 1.54) is 26.2 Å². The molecule has 0 aromatic heterocycles. The lowest BCUT2D eigenvalue weighted by Gasteiger charge is -2.28. The molecule has 1 aromatic rings. The molecule has 1 amide bonds. The van der Waals surface area contributed by atoms with E-state index in [0.29, 0.717) is 5.56 Å². The van der Waals surface area contributed by atoms with Gasteiger partial charge in [0.25, 0.3) is 0 Å². The van der Waals surface area contributed by atoms with E-state index in [2.05, 4.69) is 10.1 Å². The predicted molar refractivity (Wildman–Crippen MR) is 77.5 cm³/mol. The minimum Gasteiger partial charge on any atom is -0.481 e. The highest BCUT2D eigenvalue weighted by atomic mass is 19.4. The average Bonchev–Trinajstić information content (AvgIpc) is 2.38. The third-order valence-corrected chi connectivity index (χ3v) is 2.97. The lowest BCUT2D eigenvalue weighted by Crippen LogP contribution is -2.51. The van der Waals surface area contributed by atoms with Crippen LogP contribution in [0.25, 0.3) is 0 Å². The van der Waals surface area contributed by atoms with Gasteiger partial charge in [0.15, 0.2) is 0 Å². The molecule has 0 fully saturated rings. The summed E-state index contributed by atoms with van der Waals surface area (Å²) in [5, 5.41) is 11.5. The fourth-order valence-electron chi connectivity index (χ4n) is 2.16. The van der Waals surface area contributed by atoms with Crippen LogP contribution in [0.3, 0.4) is 0 Å². The molecule has 0 spiro atoms. The summed E-state index contributed by atoms with van der Waals surface area (Å²) in [6, 6.07) is 4.85. The van der Waals surface area contributed by atoms with Crippen molar-refractivity contribution >= 4 is 11.9 Å². The molecule has 1 atom stereocenters. The van der Waals surface area contributed by atoms with E-state index in [0.717, 1.165) is 12.1 Å². The molecule has 0 bridgehead atoms. The summed E-state index contributed by atoms with van der Waals surface area (Å²) in [5.74, 6) is -1.95. The number of hydrogen-bond acceptors (Lipinski definition) is 4. The topological polar surface area (TPSA) is 84.9 Å². The average molecular weight is 349 g/mol. The van der Waals surface area contributed by atoms with Crippen LogP contribution in [0.2, 0.25) is 0 Å². The number of carboxylic acids is 1. The standard InChI is InChI=1S/C15H18F3NO5/c1-14(9-23-2,8-13(21)22)19-12(20)7-10-3-5-11(6-4-10)24-15(16,17)18/h3-6H,7-9H2,1-2H3,(H,19,20)(H,21,22). The minimum absolute atomic E-state index is 0.00337. The smallest absolute Gasteiger partial charge is 0.481 e. The second-order valence-electron chi connectivity index (χ2n) is 5.48. The SMILES string of the molecule is COCC(C)(CC(=O)O)NC(=O)Cc1ccc(OC(F)(F)F)cc1. The Kier molecular flexibility index (Phi) is 6.59. The first-order valence-corrected chi connectivity index (χ1v) is 6.89. The number of halogens is 3. The van der Waals surface area contributed by atoms with Gasteiger partial charge >= 0.3 is 12.3 Å². The van der Waals surface area contributed by atoms with Crippen molar-refractivity contribution in [2.75, 3.05) is 13.7 Å². The molecule has 0 aliphatic heterocycles. The van der Waals surface area contributed by atoms with Gasteiger partial charge < -0.3 is 19.9 Å². The first-order valence-electron chi connectivity index (χ1n) is 6.89. The molecule has 0 heterocycles. The number of aliphatic carboxylic acids is 1. The van der Waals surface area contributed by atoms with Crippen LogP contribution in [0.5, 0.6) is 5.75 Å². The van der Waals surface area contributed by atoms with Crippen LogP contribution < -0.4 is 10.1 Å². The number of alkyl halides is 3.